The molecule has 2 aromatic rings. The number of hydrogen-bond donors (Lipinski definition) is 1. The van der Waals surface area contributed by atoms with Gasteiger partial charge in [0.15, 0.2) is 8.68 Å². The third kappa shape index (κ3) is 6.84. The van der Waals surface area contributed by atoms with Gasteiger partial charge in [0.25, 0.3) is 0 Å². The van der Waals surface area contributed by atoms with Gasteiger partial charge >= 0.3 is 0 Å². The van der Waals surface area contributed by atoms with Crippen molar-refractivity contribution in [3.8, 4) is 0 Å². The summed E-state index contributed by atoms with van der Waals surface area (Å²) in [5, 5.41) is 11.1. The van der Waals surface area contributed by atoms with Crippen molar-refractivity contribution in [2.45, 2.75) is 40.6 Å². The summed E-state index contributed by atoms with van der Waals surface area (Å²) in [7, 11) is 0. The van der Waals surface area contributed by atoms with Crippen LogP contribution < -0.4 is 5.32 Å². The predicted octanol–water partition coefficient (Wildman–Crippen LogP) is 4.61. The second kappa shape index (κ2) is 9.99. The number of carbonyl (C=O) groups excluding carboxylic acids is 1. The molecule has 0 saturated carbocycles. The standard InChI is InChI=1S/C18H23N3OS3/c1-12(2)11-23-17-20-21-18(25-17)24-14(4)16(22)19-10-13(3)15-8-6-5-7-9-15/h5-9,13-14H,1,10-11H2,2-4H3,(H,19,22)/t13-,14+/m1/s1. The topological polar surface area (TPSA) is 54.9 Å². The van der Waals surface area contributed by atoms with Gasteiger partial charge < -0.3 is 5.32 Å². The van der Waals surface area contributed by atoms with E-state index < -0.39 is 0 Å². The Bertz CT molecular complexity index is 703. The lowest BCUT2D eigenvalue weighted by molar-refractivity contribution is -0.120. The number of nitrogens with one attached hydrogen (secondary N) is 1. The van der Waals surface area contributed by atoms with Crippen molar-refractivity contribution in [2.75, 3.05) is 12.3 Å². The first kappa shape index (κ1) is 20.0. The number of thioether (sulfide) groups is 2. The molecule has 1 aromatic heterocycles. The van der Waals surface area contributed by atoms with Gasteiger partial charge in [-0.15, -0.1) is 10.2 Å². The molecular formula is C18H23N3OS3. The van der Waals surface area contributed by atoms with E-state index in [2.05, 4.69) is 41.1 Å². The van der Waals surface area contributed by atoms with Crippen LogP contribution in [-0.2, 0) is 4.79 Å². The maximum atomic E-state index is 12.3. The minimum absolute atomic E-state index is 0.0270. The minimum Gasteiger partial charge on any atom is -0.355 e. The van der Waals surface area contributed by atoms with Gasteiger partial charge in [0.05, 0.1) is 5.25 Å². The zero-order chi connectivity index (χ0) is 18.2. The van der Waals surface area contributed by atoms with Crippen LogP contribution >= 0.6 is 34.9 Å². The fourth-order valence-electron chi connectivity index (χ4n) is 1.99. The molecule has 2 rings (SSSR count). The summed E-state index contributed by atoms with van der Waals surface area (Å²) in [6.45, 7) is 10.5. The molecule has 2 atom stereocenters. The monoisotopic (exact) mass is 393 g/mol. The molecule has 134 valence electrons. The first-order valence-electron chi connectivity index (χ1n) is 8.05. The second-order valence-corrected chi connectivity index (χ2v) is 9.68. The highest BCUT2D eigenvalue weighted by Crippen LogP contribution is 2.31. The lowest BCUT2D eigenvalue weighted by Gasteiger charge is -2.15. The van der Waals surface area contributed by atoms with Crippen molar-refractivity contribution in [3.05, 3.63) is 48.0 Å². The largest absolute Gasteiger partial charge is 0.355 e. The van der Waals surface area contributed by atoms with Crippen LogP contribution in [0.5, 0.6) is 0 Å². The minimum atomic E-state index is -0.199. The SMILES string of the molecule is C=C(C)CSc1nnc(S[C@@H](C)C(=O)NC[C@@H](C)c2ccccc2)s1. The van der Waals surface area contributed by atoms with Crippen LogP contribution in [0.15, 0.2) is 51.2 Å². The van der Waals surface area contributed by atoms with Gasteiger partial charge in [-0.3, -0.25) is 4.79 Å². The maximum absolute atomic E-state index is 12.3. The van der Waals surface area contributed by atoms with Gasteiger partial charge in [-0.25, -0.2) is 0 Å². The van der Waals surface area contributed by atoms with E-state index in [1.807, 2.05) is 32.0 Å². The third-order valence-electron chi connectivity index (χ3n) is 3.43. The molecule has 0 fully saturated rings. The van der Waals surface area contributed by atoms with Crippen LogP contribution in [0.4, 0.5) is 0 Å². The summed E-state index contributed by atoms with van der Waals surface area (Å²) in [5.41, 5.74) is 2.33. The highest BCUT2D eigenvalue weighted by molar-refractivity contribution is 8.04. The van der Waals surface area contributed by atoms with Crippen molar-refractivity contribution in [1.82, 2.24) is 15.5 Å². The smallest absolute Gasteiger partial charge is 0.233 e. The third-order valence-corrected chi connectivity index (χ3v) is 6.90. The first-order chi connectivity index (χ1) is 12.0. The number of amides is 1. The molecule has 4 nitrogen and oxygen atoms in total. The summed E-state index contributed by atoms with van der Waals surface area (Å²) in [4.78, 5) is 12.3. The van der Waals surface area contributed by atoms with Crippen molar-refractivity contribution in [3.63, 3.8) is 0 Å². The van der Waals surface area contributed by atoms with Crippen LogP contribution in [0.3, 0.4) is 0 Å². The van der Waals surface area contributed by atoms with Crippen molar-refractivity contribution >= 4 is 40.8 Å². The van der Waals surface area contributed by atoms with Crippen LogP contribution in [-0.4, -0.2) is 33.7 Å². The Morgan fingerprint density at radius 3 is 2.60 bits per heavy atom. The van der Waals surface area contributed by atoms with E-state index in [0.29, 0.717) is 6.54 Å². The fourth-order valence-corrected chi connectivity index (χ4v) is 5.02. The molecule has 0 radical (unpaired) electrons. The Kier molecular flexibility index (Phi) is 7.99. The zero-order valence-corrected chi connectivity index (χ0v) is 17.1. The number of nitrogens with zero attached hydrogens (tertiary/aromatic N) is 2. The number of carbonyl (C=O) groups is 1. The lowest BCUT2D eigenvalue weighted by Crippen LogP contribution is -2.33. The molecule has 1 heterocycles. The van der Waals surface area contributed by atoms with Crippen molar-refractivity contribution in [2.24, 2.45) is 0 Å². The Hall–Kier alpha value is -1.31. The first-order valence-corrected chi connectivity index (χ1v) is 10.7. The Labute approximate surface area is 161 Å². The normalized spacial score (nSPS) is 13.2. The number of benzene rings is 1. The van der Waals surface area contributed by atoms with Gasteiger partial charge in [-0.05, 0) is 25.3 Å². The molecule has 0 aliphatic rings. The molecule has 25 heavy (non-hydrogen) atoms. The molecule has 7 heteroatoms. The van der Waals surface area contributed by atoms with E-state index in [0.717, 1.165) is 20.0 Å². The van der Waals surface area contributed by atoms with Gasteiger partial charge in [0, 0.05) is 12.3 Å². The molecule has 1 amide bonds. The summed E-state index contributed by atoms with van der Waals surface area (Å²) in [6.07, 6.45) is 0. The number of hydrogen-bond acceptors (Lipinski definition) is 6. The average molecular weight is 394 g/mol. The van der Waals surface area contributed by atoms with Crippen molar-refractivity contribution < 1.29 is 4.79 Å². The summed E-state index contributed by atoms with van der Waals surface area (Å²) < 4.78 is 1.73. The highest BCUT2D eigenvalue weighted by Gasteiger charge is 2.18. The molecule has 0 unspecified atom stereocenters. The van der Waals surface area contributed by atoms with E-state index in [-0.39, 0.29) is 17.1 Å². The summed E-state index contributed by atoms with van der Waals surface area (Å²) >= 11 is 4.60. The van der Waals surface area contributed by atoms with E-state index >= 15 is 0 Å². The maximum Gasteiger partial charge on any atom is 0.233 e. The van der Waals surface area contributed by atoms with Gasteiger partial charge in [0.1, 0.15) is 0 Å². The molecule has 0 bridgehead atoms. The molecular weight excluding hydrogens is 370 g/mol. The van der Waals surface area contributed by atoms with Crippen LogP contribution in [0.2, 0.25) is 0 Å². The number of rotatable bonds is 9. The van der Waals surface area contributed by atoms with E-state index in [1.54, 1.807) is 11.8 Å². The van der Waals surface area contributed by atoms with Crippen LogP contribution in [0.25, 0.3) is 0 Å². The predicted molar refractivity (Wildman–Crippen MR) is 109 cm³/mol. The van der Waals surface area contributed by atoms with Crippen LogP contribution in [0, 0.1) is 0 Å². The summed E-state index contributed by atoms with van der Waals surface area (Å²) in [5.74, 6) is 1.15. The second-order valence-electron chi connectivity index (χ2n) is 5.90. The van der Waals surface area contributed by atoms with E-state index in [1.165, 1.54) is 28.7 Å². The summed E-state index contributed by atoms with van der Waals surface area (Å²) in [6, 6.07) is 10.2. The number of aromatic nitrogens is 2. The molecule has 0 aliphatic heterocycles. The van der Waals surface area contributed by atoms with Crippen molar-refractivity contribution in [1.29, 1.82) is 0 Å². The highest BCUT2D eigenvalue weighted by atomic mass is 32.2. The van der Waals surface area contributed by atoms with E-state index in [9.17, 15) is 4.79 Å². The Morgan fingerprint density at radius 2 is 1.92 bits per heavy atom. The lowest BCUT2D eigenvalue weighted by atomic mass is 10.0. The van der Waals surface area contributed by atoms with E-state index in [4.69, 9.17) is 0 Å². The van der Waals surface area contributed by atoms with Gasteiger partial charge in [0.2, 0.25) is 5.91 Å². The molecule has 0 spiro atoms. The van der Waals surface area contributed by atoms with Gasteiger partial charge in [-0.2, -0.15) is 0 Å². The zero-order valence-electron chi connectivity index (χ0n) is 14.7. The molecule has 0 saturated heterocycles. The molecule has 1 aromatic carbocycles. The Balaban J connectivity index is 1.79. The molecule has 1 N–H and O–H groups in total. The average Bonchev–Trinajstić information content (AvgIpc) is 3.05. The van der Waals surface area contributed by atoms with Crippen LogP contribution in [0.1, 0.15) is 32.3 Å². The fraction of sp³-hybridized carbons (Fsp3) is 0.389. The Morgan fingerprint density at radius 1 is 1.24 bits per heavy atom. The van der Waals surface area contributed by atoms with Gasteiger partial charge in [-0.1, -0.05) is 84.3 Å². The molecule has 0 aliphatic carbocycles. The quantitative estimate of drug-likeness (QED) is 0.498.